The number of methoxy groups -OCH3 is 1. The number of benzene rings is 1. The third kappa shape index (κ3) is 6.11. The van der Waals surface area contributed by atoms with Crippen molar-refractivity contribution in [3.05, 3.63) is 29.3 Å². The minimum absolute atomic E-state index is 0.291. The average molecular weight is 416 g/mol. The van der Waals surface area contributed by atoms with Crippen LogP contribution >= 0.6 is 0 Å². The number of likely N-dealkylation sites (tertiary alicyclic amines) is 1. The van der Waals surface area contributed by atoms with Crippen molar-refractivity contribution >= 4 is 11.9 Å². The summed E-state index contributed by atoms with van der Waals surface area (Å²) in [5, 5.41) is 3.49. The largest absolute Gasteiger partial charge is 0.496 e. The van der Waals surface area contributed by atoms with Crippen molar-refractivity contribution in [2.75, 3.05) is 66.5 Å². The van der Waals surface area contributed by atoms with Crippen LogP contribution in [-0.2, 0) is 11.2 Å². The fraction of sp³-hybridized carbons (Fsp3) is 0.652. The molecule has 7 nitrogen and oxygen atoms in total. The summed E-state index contributed by atoms with van der Waals surface area (Å²) >= 11 is 0. The normalized spacial score (nSPS) is 18.4. The van der Waals surface area contributed by atoms with Gasteiger partial charge in [0.15, 0.2) is 5.96 Å². The molecule has 1 N–H and O–H groups in total. The van der Waals surface area contributed by atoms with Crippen LogP contribution in [0.25, 0.3) is 0 Å². The van der Waals surface area contributed by atoms with Gasteiger partial charge in [0.05, 0.1) is 13.7 Å². The van der Waals surface area contributed by atoms with Crippen LogP contribution in [0.15, 0.2) is 23.2 Å². The number of rotatable bonds is 6. The first-order valence-electron chi connectivity index (χ1n) is 11.2. The molecule has 1 aromatic carbocycles. The molecular formula is C23H37N5O2. The van der Waals surface area contributed by atoms with Crippen LogP contribution in [0.1, 0.15) is 30.4 Å². The summed E-state index contributed by atoms with van der Waals surface area (Å²) in [6.45, 7) is 8.88. The van der Waals surface area contributed by atoms with Crippen molar-refractivity contribution in [1.29, 1.82) is 0 Å². The zero-order valence-corrected chi connectivity index (χ0v) is 18.8. The summed E-state index contributed by atoms with van der Waals surface area (Å²) < 4.78 is 5.42. The number of aryl methyl sites for hydroxylation is 1. The van der Waals surface area contributed by atoms with Gasteiger partial charge in [-0.3, -0.25) is 14.7 Å². The van der Waals surface area contributed by atoms with Gasteiger partial charge in [-0.2, -0.15) is 0 Å². The molecule has 1 amide bonds. The van der Waals surface area contributed by atoms with Gasteiger partial charge in [0.25, 0.3) is 0 Å². The summed E-state index contributed by atoms with van der Waals surface area (Å²) in [4.78, 5) is 23.6. The van der Waals surface area contributed by atoms with Crippen molar-refractivity contribution in [1.82, 2.24) is 20.0 Å². The number of hydrogen-bond acceptors (Lipinski definition) is 4. The number of nitrogens with zero attached hydrogens (tertiary/aromatic N) is 4. The van der Waals surface area contributed by atoms with E-state index < -0.39 is 0 Å². The van der Waals surface area contributed by atoms with Gasteiger partial charge in [-0.15, -0.1) is 0 Å². The summed E-state index contributed by atoms with van der Waals surface area (Å²) in [5.41, 5.74) is 2.41. The Morgan fingerprint density at radius 2 is 1.80 bits per heavy atom. The van der Waals surface area contributed by atoms with E-state index in [2.05, 4.69) is 45.2 Å². The van der Waals surface area contributed by atoms with Crippen LogP contribution in [0.4, 0.5) is 0 Å². The molecule has 30 heavy (non-hydrogen) atoms. The molecule has 2 saturated heterocycles. The van der Waals surface area contributed by atoms with E-state index in [-0.39, 0.29) is 0 Å². The van der Waals surface area contributed by atoms with Crippen molar-refractivity contribution in [3.8, 4) is 5.75 Å². The van der Waals surface area contributed by atoms with Crippen molar-refractivity contribution in [2.45, 2.75) is 32.6 Å². The Morgan fingerprint density at radius 3 is 2.47 bits per heavy atom. The lowest BCUT2D eigenvalue weighted by molar-refractivity contribution is -0.133. The maximum absolute atomic E-state index is 12.5. The summed E-state index contributed by atoms with van der Waals surface area (Å²) in [6.07, 6.45) is 4.47. The SMILES string of the molecule is CN=C(NCCc1ccc(C)c(OC)c1)N1CCN(CC(=O)N2CCCCC2)CC1. The van der Waals surface area contributed by atoms with Crippen LogP contribution in [0.5, 0.6) is 5.75 Å². The zero-order valence-electron chi connectivity index (χ0n) is 18.8. The van der Waals surface area contributed by atoms with E-state index in [0.29, 0.717) is 12.5 Å². The van der Waals surface area contributed by atoms with E-state index in [1.807, 2.05) is 11.9 Å². The van der Waals surface area contributed by atoms with Crippen LogP contribution in [0.2, 0.25) is 0 Å². The molecule has 166 valence electrons. The van der Waals surface area contributed by atoms with E-state index in [1.165, 1.54) is 12.0 Å². The second-order valence-electron chi connectivity index (χ2n) is 8.23. The number of guanidine groups is 1. The molecule has 0 bridgehead atoms. The van der Waals surface area contributed by atoms with Gasteiger partial charge in [-0.1, -0.05) is 12.1 Å². The Labute approximate surface area is 181 Å². The lowest BCUT2D eigenvalue weighted by Gasteiger charge is -2.37. The fourth-order valence-corrected chi connectivity index (χ4v) is 4.22. The predicted octanol–water partition coefficient (Wildman–Crippen LogP) is 1.75. The third-order valence-corrected chi connectivity index (χ3v) is 6.12. The highest BCUT2D eigenvalue weighted by Crippen LogP contribution is 2.19. The summed E-state index contributed by atoms with van der Waals surface area (Å²) in [5.74, 6) is 2.17. The number of piperazine rings is 1. The maximum atomic E-state index is 12.5. The lowest BCUT2D eigenvalue weighted by Crippen LogP contribution is -2.54. The number of ether oxygens (including phenoxy) is 1. The first kappa shape index (κ1) is 22.4. The van der Waals surface area contributed by atoms with Crippen molar-refractivity contribution < 1.29 is 9.53 Å². The Morgan fingerprint density at radius 1 is 1.07 bits per heavy atom. The van der Waals surface area contributed by atoms with Gasteiger partial charge >= 0.3 is 0 Å². The van der Waals surface area contributed by atoms with E-state index >= 15 is 0 Å². The zero-order chi connectivity index (χ0) is 21.3. The second kappa shape index (κ2) is 11.2. The molecule has 0 unspecified atom stereocenters. The molecule has 2 fully saturated rings. The van der Waals surface area contributed by atoms with Crippen LogP contribution in [0, 0.1) is 6.92 Å². The molecule has 2 aliphatic rings. The standard InChI is InChI=1S/C23H37N5O2/c1-19-7-8-20(17-21(19)30-3)9-10-25-23(24-2)28-15-13-26(14-16-28)18-22(29)27-11-5-4-6-12-27/h7-8,17H,4-6,9-16,18H2,1-3H3,(H,24,25). The average Bonchev–Trinajstić information content (AvgIpc) is 2.79. The smallest absolute Gasteiger partial charge is 0.236 e. The highest BCUT2D eigenvalue weighted by atomic mass is 16.5. The number of amides is 1. The van der Waals surface area contributed by atoms with Crippen LogP contribution < -0.4 is 10.1 Å². The Hall–Kier alpha value is -2.28. The van der Waals surface area contributed by atoms with E-state index in [1.54, 1.807) is 7.11 Å². The number of carbonyl (C=O) groups is 1. The van der Waals surface area contributed by atoms with E-state index in [4.69, 9.17) is 4.74 Å². The summed E-state index contributed by atoms with van der Waals surface area (Å²) in [7, 11) is 3.55. The molecule has 0 atom stereocenters. The molecule has 3 rings (SSSR count). The fourth-order valence-electron chi connectivity index (χ4n) is 4.22. The van der Waals surface area contributed by atoms with Gasteiger partial charge in [-0.05, 0) is 49.8 Å². The highest BCUT2D eigenvalue weighted by molar-refractivity contribution is 5.80. The van der Waals surface area contributed by atoms with Gasteiger partial charge in [0.1, 0.15) is 5.75 Å². The molecule has 0 spiro atoms. The number of hydrogen-bond donors (Lipinski definition) is 1. The quantitative estimate of drug-likeness (QED) is 0.567. The van der Waals surface area contributed by atoms with Gasteiger partial charge in [-0.25, -0.2) is 0 Å². The molecule has 0 saturated carbocycles. The number of carbonyl (C=O) groups excluding carboxylic acids is 1. The first-order chi connectivity index (χ1) is 14.6. The van der Waals surface area contributed by atoms with E-state index in [9.17, 15) is 4.79 Å². The van der Waals surface area contributed by atoms with E-state index in [0.717, 1.165) is 82.3 Å². The molecule has 2 heterocycles. The molecule has 1 aromatic rings. The van der Waals surface area contributed by atoms with Crippen LogP contribution in [-0.4, -0.2) is 93.1 Å². The predicted molar refractivity (Wildman–Crippen MR) is 121 cm³/mol. The first-order valence-corrected chi connectivity index (χ1v) is 11.2. The topological polar surface area (TPSA) is 60.4 Å². The molecular weight excluding hydrogens is 378 g/mol. The monoisotopic (exact) mass is 415 g/mol. The number of nitrogens with one attached hydrogen (secondary N) is 1. The molecule has 0 aromatic heterocycles. The Kier molecular flexibility index (Phi) is 8.37. The van der Waals surface area contributed by atoms with Gasteiger partial charge < -0.3 is 19.9 Å². The maximum Gasteiger partial charge on any atom is 0.236 e. The number of piperidine rings is 1. The minimum atomic E-state index is 0.291. The minimum Gasteiger partial charge on any atom is -0.496 e. The third-order valence-electron chi connectivity index (χ3n) is 6.12. The molecule has 0 aliphatic carbocycles. The van der Waals surface area contributed by atoms with Gasteiger partial charge in [0.2, 0.25) is 5.91 Å². The molecule has 2 aliphatic heterocycles. The van der Waals surface area contributed by atoms with Crippen molar-refractivity contribution in [3.63, 3.8) is 0 Å². The highest BCUT2D eigenvalue weighted by Gasteiger charge is 2.23. The Bertz CT molecular complexity index is 722. The number of aliphatic imine (C=N–C) groups is 1. The van der Waals surface area contributed by atoms with Crippen molar-refractivity contribution in [2.24, 2.45) is 4.99 Å². The van der Waals surface area contributed by atoms with Crippen LogP contribution in [0.3, 0.4) is 0 Å². The Balaban J connectivity index is 1.41. The lowest BCUT2D eigenvalue weighted by atomic mass is 10.1. The van der Waals surface area contributed by atoms with Gasteiger partial charge in [0, 0.05) is 52.9 Å². The molecule has 7 heteroatoms. The summed E-state index contributed by atoms with van der Waals surface area (Å²) in [6, 6.07) is 6.37. The second-order valence-corrected chi connectivity index (χ2v) is 8.23. The molecule has 0 radical (unpaired) electrons.